The molecular formula is C35H26N4O13S4. The maximum atomic E-state index is 14.2. The van der Waals surface area contributed by atoms with Crippen LogP contribution in [0.4, 0.5) is 38.9 Å². The number of phenolic OH excluding ortho intramolecular Hbond substituents is 2. The van der Waals surface area contributed by atoms with Crippen molar-refractivity contribution in [3.05, 3.63) is 96.1 Å². The molecular weight excluding hydrogens is 813 g/mol. The second kappa shape index (κ2) is 12.0. The van der Waals surface area contributed by atoms with Gasteiger partial charge in [0, 0.05) is 21.5 Å². The predicted molar refractivity (Wildman–Crippen MR) is 205 cm³/mol. The first-order valence-corrected chi connectivity index (χ1v) is 21.8. The van der Waals surface area contributed by atoms with Gasteiger partial charge in [-0.3, -0.25) is 9.11 Å². The zero-order valence-electron chi connectivity index (χ0n) is 28.6. The molecule has 6 aromatic rings. The minimum Gasteiger partial charge on any atom is -0.507 e. The Kier molecular flexibility index (Phi) is 7.93. The fraction of sp³-hybridized carbons (Fsp3) is 0.0571. The van der Waals surface area contributed by atoms with Crippen molar-refractivity contribution in [3.63, 3.8) is 0 Å². The molecule has 2 heterocycles. The van der Waals surface area contributed by atoms with Gasteiger partial charge in [-0.15, -0.1) is 0 Å². The summed E-state index contributed by atoms with van der Waals surface area (Å²) >= 11 is 0. The van der Waals surface area contributed by atoms with Crippen LogP contribution in [0.2, 0.25) is 0 Å². The molecule has 6 N–H and O–H groups in total. The SMILES string of the molecule is Cc1ccc2c(NC(=O)Nc3c4ccc(C)c3S(=O)(=O)N4c3ccc4c(O)cccc4c3S(=O)(=O)O)c1S(=O)(=O)N2c1ccc2c(O)cccc2c1S(=O)(=O)O. The molecule has 2 amide bonds. The Hall–Kier alpha value is -5.97. The summed E-state index contributed by atoms with van der Waals surface area (Å²) in [6, 6.07) is 16.5. The summed E-state index contributed by atoms with van der Waals surface area (Å²) in [6.45, 7) is 2.83. The van der Waals surface area contributed by atoms with E-state index in [-0.39, 0.29) is 66.9 Å². The molecule has 2 aliphatic heterocycles. The molecule has 0 radical (unpaired) electrons. The number of aryl methyl sites for hydroxylation is 2. The van der Waals surface area contributed by atoms with E-state index in [0.29, 0.717) is 8.61 Å². The van der Waals surface area contributed by atoms with E-state index in [4.69, 9.17) is 0 Å². The van der Waals surface area contributed by atoms with Crippen LogP contribution in [-0.2, 0) is 40.3 Å². The highest BCUT2D eigenvalue weighted by molar-refractivity contribution is 7.94. The number of urea groups is 1. The van der Waals surface area contributed by atoms with Crippen molar-refractivity contribution < 1.29 is 57.8 Å². The molecule has 0 saturated heterocycles. The number of amides is 2. The summed E-state index contributed by atoms with van der Waals surface area (Å²) in [5.41, 5.74) is -2.00. The van der Waals surface area contributed by atoms with Gasteiger partial charge in [-0.25, -0.2) is 30.2 Å². The van der Waals surface area contributed by atoms with Crippen molar-refractivity contribution >= 4 is 102 Å². The molecule has 288 valence electrons. The summed E-state index contributed by atoms with van der Waals surface area (Å²) < 4.78 is 130. The van der Waals surface area contributed by atoms with Gasteiger partial charge in [0.05, 0.1) is 34.1 Å². The highest BCUT2D eigenvalue weighted by atomic mass is 32.2. The van der Waals surface area contributed by atoms with Gasteiger partial charge < -0.3 is 20.8 Å². The number of phenols is 2. The zero-order chi connectivity index (χ0) is 40.4. The Morgan fingerprint density at radius 2 is 0.893 bits per heavy atom. The molecule has 4 bridgehead atoms. The van der Waals surface area contributed by atoms with Gasteiger partial charge in [-0.05, 0) is 73.5 Å². The van der Waals surface area contributed by atoms with Gasteiger partial charge in [0.15, 0.2) is 0 Å². The highest BCUT2D eigenvalue weighted by Gasteiger charge is 2.45. The fourth-order valence-corrected chi connectivity index (χ4v) is 12.9. The minimum absolute atomic E-state index is 0.00841. The number of carbonyl (C=O) groups excluding carboxylic acids is 1. The van der Waals surface area contributed by atoms with E-state index >= 15 is 0 Å². The second-order valence-corrected chi connectivity index (χ2v) is 19.0. The summed E-state index contributed by atoms with van der Waals surface area (Å²) in [5, 5.41) is 25.2. The van der Waals surface area contributed by atoms with E-state index in [1.165, 1.54) is 86.6 Å². The van der Waals surface area contributed by atoms with Crippen LogP contribution in [0.25, 0.3) is 21.5 Å². The zero-order valence-corrected chi connectivity index (χ0v) is 31.8. The van der Waals surface area contributed by atoms with E-state index in [1.807, 2.05) is 0 Å². The molecule has 8 rings (SSSR count). The molecule has 17 nitrogen and oxygen atoms in total. The van der Waals surface area contributed by atoms with Gasteiger partial charge in [0.1, 0.15) is 31.1 Å². The molecule has 0 aliphatic carbocycles. The summed E-state index contributed by atoms with van der Waals surface area (Å²) in [5.74, 6) is -0.693. The number of fused-ring (bicyclic) bond motifs is 6. The average Bonchev–Trinajstić information content (AvgIpc) is 3.34. The number of aromatic hydroxyl groups is 2. The van der Waals surface area contributed by atoms with Crippen LogP contribution in [-0.4, -0.2) is 59.0 Å². The van der Waals surface area contributed by atoms with Crippen molar-refractivity contribution in [2.24, 2.45) is 0 Å². The number of nitrogens with zero attached hydrogens (tertiary/aromatic N) is 2. The Morgan fingerprint density at radius 1 is 0.536 bits per heavy atom. The molecule has 0 atom stereocenters. The number of hydrogen-bond acceptors (Lipinski definition) is 11. The molecule has 0 aromatic heterocycles. The van der Waals surface area contributed by atoms with Gasteiger partial charge in [0.2, 0.25) is 0 Å². The lowest BCUT2D eigenvalue weighted by Gasteiger charge is -2.22. The van der Waals surface area contributed by atoms with E-state index in [2.05, 4.69) is 10.6 Å². The van der Waals surface area contributed by atoms with Crippen LogP contribution in [0.15, 0.2) is 105 Å². The topological polar surface area (TPSA) is 265 Å². The smallest absolute Gasteiger partial charge is 0.323 e. The minimum atomic E-state index is -5.17. The Labute approximate surface area is 318 Å². The van der Waals surface area contributed by atoms with Crippen LogP contribution in [0.5, 0.6) is 11.5 Å². The van der Waals surface area contributed by atoms with E-state index < -0.39 is 77.3 Å². The largest absolute Gasteiger partial charge is 0.507 e. The third-order valence-electron chi connectivity index (χ3n) is 9.47. The highest BCUT2D eigenvalue weighted by Crippen LogP contribution is 2.54. The number of sulfonamides is 2. The number of rotatable bonds is 6. The fourth-order valence-electron chi connectivity index (χ4n) is 7.28. The Balaban J connectivity index is 1.24. The van der Waals surface area contributed by atoms with E-state index in [0.717, 1.165) is 12.1 Å². The first kappa shape index (κ1) is 37.0. The number of carbonyl (C=O) groups is 1. The first-order valence-electron chi connectivity index (χ1n) is 16.1. The quantitative estimate of drug-likeness (QED) is 0.108. The number of nitrogens with one attached hydrogen (secondary N) is 2. The molecule has 56 heavy (non-hydrogen) atoms. The van der Waals surface area contributed by atoms with Crippen molar-refractivity contribution in [1.82, 2.24) is 0 Å². The standard InChI is InChI=1S/C35H26N4O13S4/c1-17-9-13-23-29(31(17)53(43,44)38(23)25-15-11-19-21(5-3-7-27(19)40)33(25)55(47,48)49)36-35(42)37-30-24-14-10-18(2)32(30)54(45,46)39(24)26-16-12-20-22(6-4-8-28(20)41)34(26)56(50,51)52/h3-16,40-41H,1-2H3,(H2,36,37,42)(H,47,48,49)(H,50,51,52). The van der Waals surface area contributed by atoms with Crippen molar-refractivity contribution in [2.45, 2.75) is 33.4 Å². The number of benzene rings is 6. The number of hydrogen-bond donors (Lipinski definition) is 6. The van der Waals surface area contributed by atoms with Crippen molar-refractivity contribution in [2.75, 3.05) is 19.2 Å². The normalized spacial score (nSPS) is 15.4. The maximum Gasteiger partial charge on any atom is 0.323 e. The molecule has 21 heteroatoms. The summed E-state index contributed by atoms with van der Waals surface area (Å²) in [4.78, 5) is 11.3. The second-order valence-electron chi connectivity index (χ2n) is 12.9. The van der Waals surface area contributed by atoms with E-state index in [1.54, 1.807) is 0 Å². The third kappa shape index (κ3) is 5.27. The van der Waals surface area contributed by atoms with E-state index in [9.17, 15) is 57.8 Å². The van der Waals surface area contributed by atoms with Crippen LogP contribution < -0.4 is 19.2 Å². The van der Waals surface area contributed by atoms with Gasteiger partial charge in [-0.1, -0.05) is 36.4 Å². The molecule has 6 aromatic carbocycles. The monoisotopic (exact) mass is 838 g/mol. The van der Waals surface area contributed by atoms with Crippen molar-refractivity contribution in [1.29, 1.82) is 0 Å². The molecule has 2 aliphatic rings. The molecule has 0 spiro atoms. The average molecular weight is 839 g/mol. The Morgan fingerprint density at radius 3 is 1.25 bits per heavy atom. The van der Waals surface area contributed by atoms with Crippen LogP contribution >= 0.6 is 0 Å². The molecule has 0 fully saturated rings. The summed E-state index contributed by atoms with van der Waals surface area (Å²) in [6.07, 6.45) is 0. The van der Waals surface area contributed by atoms with Gasteiger partial charge >= 0.3 is 6.03 Å². The molecule has 0 saturated carbocycles. The lowest BCUT2D eigenvalue weighted by Crippen LogP contribution is -2.23. The predicted octanol–water partition coefficient (Wildman–Crippen LogP) is 5.84. The lowest BCUT2D eigenvalue weighted by atomic mass is 10.1. The number of anilines is 6. The lowest BCUT2D eigenvalue weighted by molar-refractivity contribution is 0.262. The molecule has 0 unspecified atom stereocenters. The van der Waals surface area contributed by atoms with Gasteiger partial charge in [-0.2, -0.15) is 16.8 Å². The van der Waals surface area contributed by atoms with Gasteiger partial charge in [0.25, 0.3) is 40.3 Å². The Bertz CT molecular complexity index is 3050. The summed E-state index contributed by atoms with van der Waals surface area (Å²) in [7, 11) is -19.8. The maximum absolute atomic E-state index is 14.2. The van der Waals surface area contributed by atoms with Crippen LogP contribution in [0.3, 0.4) is 0 Å². The van der Waals surface area contributed by atoms with Crippen molar-refractivity contribution in [3.8, 4) is 11.5 Å². The van der Waals surface area contributed by atoms with Crippen LogP contribution in [0, 0.1) is 13.8 Å². The first-order chi connectivity index (χ1) is 26.2. The van der Waals surface area contributed by atoms with Crippen LogP contribution in [0.1, 0.15) is 11.1 Å². The third-order valence-corrected chi connectivity index (χ3v) is 15.2.